The van der Waals surface area contributed by atoms with Gasteiger partial charge in [0.05, 0.1) is 16.7 Å². The van der Waals surface area contributed by atoms with Gasteiger partial charge in [-0.2, -0.15) is 0 Å². The Morgan fingerprint density at radius 3 is 2.79 bits per heavy atom. The number of aromatic nitrogens is 3. The maximum absolute atomic E-state index is 12.8. The number of rotatable bonds is 6. The number of benzene rings is 1. The van der Waals surface area contributed by atoms with E-state index in [1.165, 1.54) is 12.8 Å². The monoisotopic (exact) mass is 398 g/mol. The molecule has 2 N–H and O–H groups in total. The third-order valence-electron chi connectivity index (χ3n) is 5.19. The molecule has 0 bridgehead atoms. The van der Waals surface area contributed by atoms with Crippen LogP contribution in [-0.4, -0.2) is 33.5 Å². The van der Waals surface area contributed by atoms with Gasteiger partial charge in [-0.05, 0) is 38.0 Å². The SMILES string of the molecule is Cc1ncc(C(CNC(=O)c2ccc3[nH]ccc3c2Cl)OC2CCCC2)cn1. The molecule has 1 saturated carbocycles. The number of ether oxygens (including phenoxy) is 1. The van der Waals surface area contributed by atoms with Crippen LogP contribution < -0.4 is 5.32 Å². The van der Waals surface area contributed by atoms with Crippen LogP contribution in [0.15, 0.2) is 36.8 Å². The molecule has 28 heavy (non-hydrogen) atoms. The first-order chi connectivity index (χ1) is 13.6. The van der Waals surface area contributed by atoms with Crippen molar-refractivity contribution in [3.63, 3.8) is 0 Å². The van der Waals surface area contributed by atoms with E-state index in [1.807, 2.05) is 19.1 Å². The highest BCUT2D eigenvalue weighted by Crippen LogP contribution is 2.28. The minimum Gasteiger partial charge on any atom is -0.368 e. The van der Waals surface area contributed by atoms with Gasteiger partial charge in [-0.1, -0.05) is 24.4 Å². The molecular weight excluding hydrogens is 376 g/mol. The number of hydrogen-bond donors (Lipinski definition) is 2. The Labute approximate surface area is 168 Å². The zero-order valence-corrected chi connectivity index (χ0v) is 16.5. The van der Waals surface area contributed by atoms with Crippen LogP contribution in [0.5, 0.6) is 0 Å². The molecule has 1 atom stereocenters. The molecule has 1 aromatic carbocycles. The fourth-order valence-corrected chi connectivity index (χ4v) is 3.94. The molecule has 0 aliphatic heterocycles. The molecule has 4 rings (SSSR count). The number of fused-ring (bicyclic) bond motifs is 1. The molecule has 1 unspecified atom stereocenters. The van der Waals surface area contributed by atoms with E-state index < -0.39 is 0 Å². The van der Waals surface area contributed by atoms with Crippen molar-refractivity contribution in [1.29, 1.82) is 0 Å². The van der Waals surface area contributed by atoms with Gasteiger partial charge in [0.2, 0.25) is 0 Å². The predicted octanol–water partition coefficient (Wildman–Crippen LogP) is 4.35. The van der Waals surface area contributed by atoms with Crippen molar-refractivity contribution in [2.75, 3.05) is 6.54 Å². The van der Waals surface area contributed by atoms with Gasteiger partial charge >= 0.3 is 0 Å². The lowest BCUT2D eigenvalue weighted by Gasteiger charge is -2.22. The summed E-state index contributed by atoms with van der Waals surface area (Å²) in [6.07, 6.45) is 9.73. The van der Waals surface area contributed by atoms with E-state index in [4.69, 9.17) is 16.3 Å². The molecule has 1 fully saturated rings. The molecule has 2 heterocycles. The highest BCUT2D eigenvalue weighted by atomic mass is 35.5. The van der Waals surface area contributed by atoms with Crippen molar-refractivity contribution in [3.8, 4) is 0 Å². The van der Waals surface area contributed by atoms with Crippen LogP contribution in [0.1, 0.15) is 53.5 Å². The van der Waals surface area contributed by atoms with E-state index in [2.05, 4.69) is 20.3 Å². The topological polar surface area (TPSA) is 79.9 Å². The Hall–Kier alpha value is -2.44. The number of aryl methyl sites for hydroxylation is 1. The van der Waals surface area contributed by atoms with Gasteiger partial charge in [-0.3, -0.25) is 4.79 Å². The van der Waals surface area contributed by atoms with Crippen molar-refractivity contribution in [3.05, 3.63) is 58.8 Å². The molecule has 2 aromatic heterocycles. The molecule has 1 amide bonds. The molecule has 3 aromatic rings. The summed E-state index contributed by atoms with van der Waals surface area (Å²) >= 11 is 6.43. The Balaban J connectivity index is 1.49. The fourth-order valence-electron chi connectivity index (χ4n) is 3.62. The zero-order valence-electron chi connectivity index (χ0n) is 15.7. The van der Waals surface area contributed by atoms with Crippen LogP contribution in [0.25, 0.3) is 10.9 Å². The van der Waals surface area contributed by atoms with Crippen molar-refractivity contribution >= 4 is 28.4 Å². The minimum absolute atomic E-state index is 0.211. The third kappa shape index (κ3) is 4.03. The number of carbonyl (C=O) groups is 1. The van der Waals surface area contributed by atoms with Crippen molar-refractivity contribution in [2.45, 2.75) is 44.8 Å². The summed E-state index contributed by atoms with van der Waals surface area (Å²) in [5.41, 5.74) is 2.22. The summed E-state index contributed by atoms with van der Waals surface area (Å²) in [5.74, 6) is 0.486. The predicted molar refractivity (Wildman–Crippen MR) is 108 cm³/mol. The van der Waals surface area contributed by atoms with Crippen LogP contribution >= 0.6 is 11.6 Å². The molecule has 1 aliphatic rings. The summed E-state index contributed by atoms with van der Waals surface area (Å²) in [7, 11) is 0. The first kappa shape index (κ1) is 18.9. The summed E-state index contributed by atoms with van der Waals surface area (Å²) in [4.78, 5) is 24.4. The Morgan fingerprint density at radius 1 is 1.29 bits per heavy atom. The quantitative estimate of drug-likeness (QED) is 0.646. The number of nitrogens with one attached hydrogen (secondary N) is 2. The van der Waals surface area contributed by atoms with Crippen molar-refractivity contribution in [2.24, 2.45) is 0 Å². The van der Waals surface area contributed by atoms with Gasteiger partial charge in [0, 0.05) is 41.6 Å². The van der Waals surface area contributed by atoms with Crippen LogP contribution in [-0.2, 0) is 4.74 Å². The van der Waals surface area contributed by atoms with Gasteiger partial charge in [0.1, 0.15) is 11.9 Å². The molecule has 0 saturated heterocycles. The number of aromatic amines is 1. The maximum Gasteiger partial charge on any atom is 0.252 e. The summed E-state index contributed by atoms with van der Waals surface area (Å²) in [5, 5.41) is 4.25. The lowest BCUT2D eigenvalue weighted by atomic mass is 10.1. The van der Waals surface area contributed by atoms with E-state index in [9.17, 15) is 4.79 Å². The van der Waals surface area contributed by atoms with E-state index in [1.54, 1.807) is 24.7 Å². The summed E-state index contributed by atoms with van der Waals surface area (Å²) in [6, 6.07) is 5.46. The Bertz CT molecular complexity index is 964. The highest BCUT2D eigenvalue weighted by Gasteiger charge is 2.23. The van der Waals surface area contributed by atoms with Gasteiger partial charge in [0.15, 0.2) is 0 Å². The van der Waals surface area contributed by atoms with Crippen LogP contribution in [0.2, 0.25) is 5.02 Å². The van der Waals surface area contributed by atoms with Gasteiger partial charge in [0.25, 0.3) is 5.91 Å². The fraction of sp³-hybridized carbons (Fsp3) is 0.381. The number of nitrogens with zero attached hydrogens (tertiary/aromatic N) is 2. The average Bonchev–Trinajstić information content (AvgIpc) is 3.38. The highest BCUT2D eigenvalue weighted by molar-refractivity contribution is 6.38. The van der Waals surface area contributed by atoms with E-state index in [0.717, 1.165) is 29.3 Å². The molecule has 1 aliphatic carbocycles. The number of halogens is 1. The number of H-pyrrole nitrogens is 1. The van der Waals surface area contributed by atoms with Crippen LogP contribution in [0, 0.1) is 6.92 Å². The van der Waals surface area contributed by atoms with Crippen molar-refractivity contribution in [1.82, 2.24) is 20.3 Å². The second-order valence-electron chi connectivity index (χ2n) is 7.17. The van der Waals surface area contributed by atoms with Crippen molar-refractivity contribution < 1.29 is 9.53 Å². The van der Waals surface area contributed by atoms with Gasteiger partial charge in [-0.25, -0.2) is 9.97 Å². The number of carbonyl (C=O) groups excluding carboxylic acids is 1. The van der Waals surface area contributed by atoms with E-state index in [-0.39, 0.29) is 18.1 Å². The molecular formula is C21H23ClN4O2. The van der Waals surface area contributed by atoms with Gasteiger partial charge in [-0.15, -0.1) is 0 Å². The smallest absolute Gasteiger partial charge is 0.252 e. The zero-order chi connectivity index (χ0) is 19.5. The molecule has 6 nitrogen and oxygen atoms in total. The summed E-state index contributed by atoms with van der Waals surface area (Å²) in [6.45, 7) is 2.18. The second kappa shape index (κ2) is 8.29. The molecule has 7 heteroatoms. The summed E-state index contributed by atoms with van der Waals surface area (Å²) < 4.78 is 6.28. The Morgan fingerprint density at radius 2 is 2.04 bits per heavy atom. The first-order valence-electron chi connectivity index (χ1n) is 9.59. The van der Waals surface area contributed by atoms with Crippen LogP contribution in [0.3, 0.4) is 0 Å². The standard InChI is InChI=1S/C21H23ClN4O2/c1-13-24-10-14(11-25-13)19(28-15-4-2-3-5-15)12-26-21(27)17-6-7-18-16(20(17)22)8-9-23-18/h6-11,15,19,23H,2-5,12H2,1H3,(H,26,27). The molecule has 0 radical (unpaired) electrons. The van der Waals surface area contributed by atoms with Gasteiger partial charge < -0.3 is 15.0 Å². The second-order valence-corrected chi connectivity index (χ2v) is 7.55. The maximum atomic E-state index is 12.8. The normalized spacial score (nSPS) is 15.8. The minimum atomic E-state index is -0.289. The number of hydrogen-bond acceptors (Lipinski definition) is 4. The lowest BCUT2D eigenvalue weighted by molar-refractivity contribution is -0.00864. The first-order valence-corrected chi connectivity index (χ1v) is 9.97. The number of amides is 1. The third-order valence-corrected chi connectivity index (χ3v) is 5.60. The largest absolute Gasteiger partial charge is 0.368 e. The van der Waals surface area contributed by atoms with E-state index in [0.29, 0.717) is 23.0 Å². The molecule has 0 spiro atoms. The average molecular weight is 399 g/mol. The van der Waals surface area contributed by atoms with E-state index >= 15 is 0 Å². The molecule has 146 valence electrons. The Kier molecular flexibility index (Phi) is 5.59. The van der Waals surface area contributed by atoms with Crippen LogP contribution in [0.4, 0.5) is 0 Å². The lowest BCUT2D eigenvalue weighted by Crippen LogP contribution is -2.31.